The van der Waals surface area contributed by atoms with Gasteiger partial charge in [0.05, 0.1) is 13.1 Å². The Morgan fingerprint density at radius 1 is 1.70 bits per heavy atom. The first-order valence-corrected chi connectivity index (χ1v) is 3.50. The molecule has 0 radical (unpaired) electrons. The molecule has 2 heteroatoms. The van der Waals surface area contributed by atoms with Crippen molar-refractivity contribution in [3.8, 4) is 12.3 Å². The maximum absolute atomic E-state index is 10.8. The molecule has 0 aromatic carbocycles. The van der Waals surface area contributed by atoms with Crippen LogP contribution in [0.3, 0.4) is 0 Å². The Kier molecular flexibility index (Phi) is 2.47. The van der Waals surface area contributed by atoms with Gasteiger partial charge in [0.15, 0.2) is 0 Å². The molecular formula is C8H11NO. The van der Waals surface area contributed by atoms with Crippen molar-refractivity contribution in [2.45, 2.75) is 12.8 Å². The molecule has 0 unspecified atom stereocenters. The molecule has 10 heavy (non-hydrogen) atoms. The minimum absolute atomic E-state index is 0.321. The Bertz CT molecular complexity index is 169. The quantitative estimate of drug-likeness (QED) is 0.484. The van der Waals surface area contributed by atoms with E-state index >= 15 is 0 Å². The summed E-state index contributed by atoms with van der Waals surface area (Å²) < 4.78 is 0. The smallest absolute Gasteiger partial charge is 0.146 e. The standard InChI is InChI=1S/C8H11NO/c1-2-5-9-6-3-4-8(10)7-9/h1H,3-7H2. The molecule has 1 aliphatic heterocycles. The van der Waals surface area contributed by atoms with E-state index in [1.807, 2.05) is 4.90 Å². The largest absolute Gasteiger partial charge is 0.298 e. The Labute approximate surface area is 61.2 Å². The van der Waals surface area contributed by atoms with Crippen molar-refractivity contribution in [1.82, 2.24) is 4.90 Å². The van der Waals surface area contributed by atoms with Crippen LogP contribution in [0.2, 0.25) is 0 Å². The van der Waals surface area contributed by atoms with E-state index in [9.17, 15) is 4.79 Å². The van der Waals surface area contributed by atoms with E-state index in [0.717, 1.165) is 19.4 Å². The van der Waals surface area contributed by atoms with Crippen LogP contribution in [0.25, 0.3) is 0 Å². The summed E-state index contributed by atoms with van der Waals surface area (Å²) in [5.74, 6) is 2.85. The molecule has 1 fully saturated rings. The van der Waals surface area contributed by atoms with E-state index in [4.69, 9.17) is 6.42 Å². The fourth-order valence-electron chi connectivity index (χ4n) is 1.17. The highest BCUT2D eigenvalue weighted by Crippen LogP contribution is 2.03. The van der Waals surface area contributed by atoms with Crippen LogP contribution in [-0.4, -0.2) is 30.3 Å². The van der Waals surface area contributed by atoms with Crippen molar-refractivity contribution in [1.29, 1.82) is 0 Å². The number of hydrogen-bond donors (Lipinski definition) is 0. The Morgan fingerprint density at radius 2 is 2.50 bits per heavy atom. The molecule has 1 rings (SSSR count). The number of ketones is 1. The molecule has 0 amide bonds. The average molecular weight is 137 g/mol. The zero-order valence-corrected chi connectivity index (χ0v) is 5.97. The van der Waals surface area contributed by atoms with Gasteiger partial charge in [-0.15, -0.1) is 6.42 Å². The lowest BCUT2D eigenvalue weighted by molar-refractivity contribution is -0.121. The van der Waals surface area contributed by atoms with Crippen LogP contribution in [0.15, 0.2) is 0 Å². The molecule has 0 bridgehead atoms. The second-order valence-electron chi connectivity index (χ2n) is 2.56. The third-order valence-electron chi connectivity index (χ3n) is 1.64. The molecule has 0 aromatic heterocycles. The third kappa shape index (κ3) is 1.85. The summed E-state index contributed by atoms with van der Waals surface area (Å²) in [6.45, 7) is 2.16. The molecule has 0 saturated carbocycles. The maximum atomic E-state index is 10.8. The van der Waals surface area contributed by atoms with Crippen LogP contribution in [0.4, 0.5) is 0 Å². The maximum Gasteiger partial charge on any atom is 0.146 e. The molecule has 2 nitrogen and oxygen atoms in total. The zero-order chi connectivity index (χ0) is 7.40. The number of nitrogens with zero attached hydrogens (tertiary/aromatic N) is 1. The van der Waals surface area contributed by atoms with Crippen molar-refractivity contribution in [2.75, 3.05) is 19.6 Å². The molecule has 1 aliphatic rings. The minimum Gasteiger partial charge on any atom is -0.298 e. The van der Waals surface area contributed by atoms with Gasteiger partial charge in [-0.25, -0.2) is 0 Å². The molecular weight excluding hydrogens is 126 g/mol. The van der Waals surface area contributed by atoms with E-state index in [2.05, 4.69) is 5.92 Å². The highest BCUT2D eigenvalue weighted by molar-refractivity contribution is 5.81. The summed E-state index contributed by atoms with van der Waals surface area (Å²) >= 11 is 0. The lowest BCUT2D eigenvalue weighted by Crippen LogP contribution is -2.35. The highest BCUT2D eigenvalue weighted by Gasteiger charge is 2.14. The molecule has 1 saturated heterocycles. The second kappa shape index (κ2) is 3.38. The number of likely N-dealkylation sites (tertiary alicyclic amines) is 1. The highest BCUT2D eigenvalue weighted by atomic mass is 16.1. The second-order valence-corrected chi connectivity index (χ2v) is 2.56. The topological polar surface area (TPSA) is 20.3 Å². The van der Waals surface area contributed by atoms with Gasteiger partial charge < -0.3 is 0 Å². The summed E-state index contributed by atoms with van der Waals surface area (Å²) in [5, 5.41) is 0. The van der Waals surface area contributed by atoms with Crippen molar-refractivity contribution in [2.24, 2.45) is 0 Å². The molecule has 0 aliphatic carbocycles. The molecule has 0 atom stereocenters. The first-order valence-electron chi connectivity index (χ1n) is 3.50. The first kappa shape index (κ1) is 7.30. The SMILES string of the molecule is C#CCN1CCCC(=O)C1. The van der Waals surface area contributed by atoms with Crippen LogP contribution in [-0.2, 0) is 4.79 Å². The third-order valence-corrected chi connectivity index (χ3v) is 1.64. The minimum atomic E-state index is 0.321. The first-order chi connectivity index (χ1) is 4.83. The molecule has 0 aromatic rings. The number of carbonyl (C=O) groups excluding carboxylic acids is 1. The Hall–Kier alpha value is -0.810. The van der Waals surface area contributed by atoms with Gasteiger partial charge in [0.25, 0.3) is 0 Å². The van der Waals surface area contributed by atoms with Crippen molar-refractivity contribution >= 4 is 5.78 Å². The van der Waals surface area contributed by atoms with E-state index in [0.29, 0.717) is 18.9 Å². The van der Waals surface area contributed by atoms with Crippen LogP contribution >= 0.6 is 0 Å². The monoisotopic (exact) mass is 137 g/mol. The van der Waals surface area contributed by atoms with Gasteiger partial charge in [-0.2, -0.15) is 0 Å². The van der Waals surface area contributed by atoms with Crippen molar-refractivity contribution in [3.05, 3.63) is 0 Å². The molecule has 1 heterocycles. The van der Waals surface area contributed by atoms with Crippen LogP contribution in [0.1, 0.15) is 12.8 Å². The van der Waals surface area contributed by atoms with Gasteiger partial charge >= 0.3 is 0 Å². The van der Waals surface area contributed by atoms with Crippen molar-refractivity contribution < 1.29 is 4.79 Å². The number of carbonyl (C=O) groups is 1. The van der Waals surface area contributed by atoms with E-state index in [1.165, 1.54) is 0 Å². The van der Waals surface area contributed by atoms with Gasteiger partial charge in [-0.3, -0.25) is 9.69 Å². The number of Topliss-reactive ketones (excluding diaryl/α,β-unsaturated/α-hetero) is 1. The fourth-order valence-corrected chi connectivity index (χ4v) is 1.17. The average Bonchev–Trinajstić information content (AvgIpc) is 1.88. The van der Waals surface area contributed by atoms with Crippen LogP contribution < -0.4 is 0 Å². The number of piperidine rings is 1. The van der Waals surface area contributed by atoms with Crippen LogP contribution in [0, 0.1) is 12.3 Å². The van der Waals surface area contributed by atoms with Gasteiger partial charge in [0.1, 0.15) is 5.78 Å². The predicted molar refractivity (Wildman–Crippen MR) is 39.5 cm³/mol. The van der Waals surface area contributed by atoms with E-state index in [-0.39, 0.29) is 0 Å². The summed E-state index contributed by atoms with van der Waals surface area (Å²) in [6.07, 6.45) is 6.81. The normalized spacial score (nSPS) is 20.5. The van der Waals surface area contributed by atoms with Gasteiger partial charge in [0, 0.05) is 6.42 Å². The summed E-state index contributed by atoms with van der Waals surface area (Å²) in [5.41, 5.74) is 0. The molecule has 0 N–H and O–H groups in total. The Balaban J connectivity index is 2.34. The van der Waals surface area contributed by atoms with Crippen molar-refractivity contribution in [3.63, 3.8) is 0 Å². The van der Waals surface area contributed by atoms with Gasteiger partial charge in [0.2, 0.25) is 0 Å². The van der Waals surface area contributed by atoms with E-state index in [1.54, 1.807) is 0 Å². The lowest BCUT2D eigenvalue weighted by Gasteiger charge is -2.22. The van der Waals surface area contributed by atoms with Crippen LogP contribution in [0.5, 0.6) is 0 Å². The summed E-state index contributed by atoms with van der Waals surface area (Å²) in [7, 11) is 0. The molecule has 0 spiro atoms. The van der Waals surface area contributed by atoms with E-state index < -0.39 is 0 Å². The summed E-state index contributed by atoms with van der Waals surface area (Å²) in [4.78, 5) is 12.8. The van der Waals surface area contributed by atoms with Gasteiger partial charge in [-0.05, 0) is 13.0 Å². The zero-order valence-electron chi connectivity index (χ0n) is 5.97. The molecule has 54 valence electrons. The Morgan fingerprint density at radius 3 is 3.10 bits per heavy atom. The number of terminal acetylenes is 1. The predicted octanol–water partition coefficient (Wildman–Crippen LogP) is 0.284. The number of rotatable bonds is 1. The fraction of sp³-hybridized carbons (Fsp3) is 0.625. The lowest BCUT2D eigenvalue weighted by atomic mass is 10.1. The van der Waals surface area contributed by atoms with Gasteiger partial charge in [-0.1, -0.05) is 5.92 Å². The summed E-state index contributed by atoms with van der Waals surface area (Å²) in [6, 6.07) is 0. The number of hydrogen-bond acceptors (Lipinski definition) is 2.